The molecule has 3 N–H and O–H groups in total. The van der Waals surface area contributed by atoms with Gasteiger partial charge in [-0.15, -0.1) is 0 Å². The second-order valence-corrected chi connectivity index (χ2v) is 4.47. The lowest BCUT2D eigenvalue weighted by Gasteiger charge is -2.21. The minimum atomic E-state index is -5.26. The van der Waals surface area contributed by atoms with E-state index in [1.54, 1.807) is 0 Å². The highest BCUT2D eigenvalue weighted by molar-refractivity contribution is 7.59. The molecule has 0 saturated heterocycles. The molecule has 0 aliphatic carbocycles. The third-order valence-electron chi connectivity index (χ3n) is 0.480. The van der Waals surface area contributed by atoms with E-state index < -0.39 is 21.9 Å². The molecule has 11 heteroatoms. The van der Waals surface area contributed by atoms with Gasteiger partial charge < -0.3 is 19.8 Å². The van der Waals surface area contributed by atoms with Crippen molar-refractivity contribution in [1.29, 1.82) is 0 Å². The van der Waals surface area contributed by atoms with Crippen LogP contribution in [-0.4, -0.2) is 21.2 Å². The third-order valence-corrected chi connectivity index (χ3v) is 2.40. The number of phosphoric acid groups is 2. The molecule has 0 heterocycles. The van der Waals surface area contributed by atoms with Crippen LogP contribution in [0.1, 0.15) is 6.92 Å². The monoisotopic (exact) mass is 237 g/mol. The van der Waals surface area contributed by atoms with Gasteiger partial charge in [0.25, 0.3) is 0 Å². The molecule has 0 amide bonds. The smallest absolute Gasteiger partial charge is 0.476 e. The van der Waals surface area contributed by atoms with Crippen molar-refractivity contribution in [1.82, 2.24) is 0 Å². The Morgan fingerprint density at radius 2 is 1.85 bits per heavy atom. The quantitative estimate of drug-likeness (QED) is 0.233. The first-order valence-corrected chi connectivity index (χ1v) is 5.72. The second kappa shape index (κ2) is 4.61. The SMILES string of the molecule is CC(O)OOP(=O)([O-])OP(=O)(O)O. The molecule has 0 rings (SSSR count). The molecule has 0 aromatic rings. The lowest BCUT2D eigenvalue weighted by Crippen LogP contribution is -2.12. The number of aliphatic hydroxyl groups is 1. The van der Waals surface area contributed by atoms with Crippen LogP contribution in [0, 0.1) is 0 Å². The van der Waals surface area contributed by atoms with Gasteiger partial charge in [-0.3, -0.25) is 4.57 Å². The van der Waals surface area contributed by atoms with Crippen LogP contribution >= 0.6 is 15.6 Å². The molecule has 13 heavy (non-hydrogen) atoms. The summed E-state index contributed by atoms with van der Waals surface area (Å²) in [4.78, 5) is 30.1. The standard InChI is InChI=1S/C2H8O9P2/c1-2(3)9-10-13(7,8)11-12(4,5)6/h2-3H,1H3,(H,7,8)(H2,4,5,6)/p-1. The van der Waals surface area contributed by atoms with E-state index >= 15 is 0 Å². The van der Waals surface area contributed by atoms with Gasteiger partial charge in [-0.25, -0.2) is 8.88 Å². The van der Waals surface area contributed by atoms with E-state index in [1.165, 1.54) is 0 Å². The van der Waals surface area contributed by atoms with E-state index in [9.17, 15) is 14.0 Å². The Bertz CT molecular complexity index is 240. The topological polar surface area (TPSA) is 146 Å². The average molecular weight is 237 g/mol. The summed E-state index contributed by atoms with van der Waals surface area (Å²) in [7, 11) is -10.5. The van der Waals surface area contributed by atoms with Crippen molar-refractivity contribution in [3.63, 3.8) is 0 Å². The van der Waals surface area contributed by atoms with E-state index in [1.807, 2.05) is 0 Å². The van der Waals surface area contributed by atoms with Crippen LogP contribution in [0.25, 0.3) is 0 Å². The Morgan fingerprint density at radius 3 is 2.15 bits per heavy atom. The van der Waals surface area contributed by atoms with E-state index in [0.717, 1.165) is 6.92 Å². The molecule has 2 unspecified atom stereocenters. The first kappa shape index (κ1) is 13.2. The molecule has 0 spiro atoms. The zero-order valence-corrected chi connectivity index (χ0v) is 8.05. The zero-order valence-electron chi connectivity index (χ0n) is 6.26. The fourth-order valence-electron chi connectivity index (χ4n) is 0.259. The van der Waals surface area contributed by atoms with Gasteiger partial charge in [0, 0.05) is 0 Å². The summed E-state index contributed by atoms with van der Waals surface area (Å²) in [6.07, 6.45) is -1.58. The molecular weight excluding hydrogens is 230 g/mol. The van der Waals surface area contributed by atoms with Crippen LogP contribution in [-0.2, 0) is 23.0 Å². The lowest BCUT2D eigenvalue weighted by molar-refractivity contribution is -0.348. The van der Waals surface area contributed by atoms with Gasteiger partial charge in [-0.1, -0.05) is 0 Å². The summed E-state index contributed by atoms with van der Waals surface area (Å²) >= 11 is 0. The molecule has 0 aliphatic heterocycles. The molecular formula is C2H7O9P2-. The minimum Gasteiger partial charge on any atom is -0.754 e. The number of hydrogen-bond acceptors (Lipinski definition) is 7. The predicted molar refractivity (Wildman–Crippen MR) is 34.6 cm³/mol. The van der Waals surface area contributed by atoms with Crippen molar-refractivity contribution < 1.29 is 42.8 Å². The highest BCUT2D eigenvalue weighted by Crippen LogP contribution is 2.54. The maximum Gasteiger partial charge on any atom is 0.476 e. The van der Waals surface area contributed by atoms with Gasteiger partial charge in [0.2, 0.25) is 0 Å². The molecule has 0 aliphatic rings. The molecule has 0 bridgehead atoms. The van der Waals surface area contributed by atoms with Crippen LogP contribution in [0.2, 0.25) is 0 Å². The van der Waals surface area contributed by atoms with Crippen molar-refractivity contribution >= 4 is 15.6 Å². The molecule has 80 valence electrons. The summed E-state index contributed by atoms with van der Waals surface area (Å²) in [5.41, 5.74) is 0. The first-order valence-electron chi connectivity index (χ1n) is 2.73. The van der Waals surface area contributed by atoms with Crippen molar-refractivity contribution in [2.45, 2.75) is 13.2 Å². The Balaban J connectivity index is 4.10. The second-order valence-electron chi connectivity index (χ2n) is 1.79. The van der Waals surface area contributed by atoms with E-state index in [0.29, 0.717) is 0 Å². The maximum absolute atomic E-state index is 10.4. The summed E-state index contributed by atoms with van der Waals surface area (Å²) in [5.74, 6) is 0. The Kier molecular flexibility index (Phi) is 4.67. The van der Waals surface area contributed by atoms with E-state index in [-0.39, 0.29) is 0 Å². The van der Waals surface area contributed by atoms with Crippen LogP contribution in [0.4, 0.5) is 0 Å². The van der Waals surface area contributed by atoms with Gasteiger partial charge in [0.05, 0.1) is 0 Å². The predicted octanol–water partition coefficient (Wildman–Crippen LogP) is -1.15. The zero-order chi connectivity index (χ0) is 10.7. The molecule has 9 nitrogen and oxygen atoms in total. The Hall–Kier alpha value is 0.180. The van der Waals surface area contributed by atoms with Crippen LogP contribution in [0.5, 0.6) is 0 Å². The minimum absolute atomic E-state index is 1.01. The normalized spacial score (nSPS) is 19.5. The fourth-order valence-corrected chi connectivity index (χ4v) is 1.64. The fraction of sp³-hybridized carbons (Fsp3) is 1.00. The molecule has 0 aromatic heterocycles. The summed E-state index contributed by atoms with van der Waals surface area (Å²) in [6, 6.07) is 0. The van der Waals surface area contributed by atoms with E-state index in [4.69, 9.17) is 14.9 Å². The molecule has 0 fully saturated rings. The summed E-state index contributed by atoms with van der Waals surface area (Å²) in [5, 5.41) is 8.36. The van der Waals surface area contributed by atoms with Crippen molar-refractivity contribution in [3.8, 4) is 0 Å². The molecule has 0 radical (unpaired) electrons. The van der Waals surface area contributed by atoms with E-state index in [2.05, 4.69) is 13.9 Å². The Labute approximate surface area is 72.7 Å². The Morgan fingerprint density at radius 1 is 1.38 bits per heavy atom. The lowest BCUT2D eigenvalue weighted by atomic mass is 10.8. The largest absolute Gasteiger partial charge is 0.754 e. The molecule has 2 atom stereocenters. The van der Waals surface area contributed by atoms with Gasteiger partial charge in [-0.05, 0) is 6.92 Å². The maximum atomic E-state index is 10.4. The average Bonchev–Trinajstić information content (AvgIpc) is 1.78. The molecule has 0 aromatic carbocycles. The van der Waals surface area contributed by atoms with Crippen molar-refractivity contribution in [2.24, 2.45) is 0 Å². The molecule has 0 saturated carbocycles. The van der Waals surface area contributed by atoms with Crippen LogP contribution < -0.4 is 4.89 Å². The number of hydrogen-bond donors (Lipinski definition) is 3. The van der Waals surface area contributed by atoms with Crippen LogP contribution in [0.15, 0.2) is 0 Å². The van der Waals surface area contributed by atoms with Gasteiger partial charge >= 0.3 is 15.6 Å². The van der Waals surface area contributed by atoms with Gasteiger partial charge in [-0.2, -0.15) is 9.56 Å². The van der Waals surface area contributed by atoms with Gasteiger partial charge in [0.1, 0.15) is 0 Å². The highest BCUT2D eigenvalue weighted by atomic mass is 31.3. The van der Waals surface area contributed by atoms with Crippen molar-refractivity contribution in [3.05, 3.63) is 0 Å². The van der Waals surface area contributed by atoms with Gasteiger partial charge in [0.15, 0.2) is 6.29 Å². The van der Waals surface area contributed by atoms with Crippen molar-refractivity contribution in [2.75, 3.05) is 0 Å². The summed E-state index contributed by atoms with van der Waals surface area (Å²) < 4.78 is 27.0. The highest BCUT2D eigenvalue weighted by Gasteiger charge is 2.25. The van der Waals surface area contributed by atoms with Crippen LogP contribution in [0.3, 0.4) is 0 Å². The number of rotatable bonds is 5. The summed E-state index contributed by atoms with van der Waals surface area (Å²) in [6.45, 7) is 1.01. The first-order chi connectivity index (χ1) is 5.62. The third kappa shape index (κ3) is 8.51. The number of aliphatic hydroxyl groups excluding tert-OH is 1.